The summed E-state index contributed by atoms with van der Waals surface area (Å²) >= 11 is 3.25. The zero-order chi connectivity index (χ0) is 13.8. The van der Waals surface area contributed by atoms with E-state index in [0.717, 1.165) is 11.1 Å². The number of benzene rings is 2. The third-order valence-corrected chi connectivity index (χ3v) is 3.60. The topological polar surface area (TPSA) is 17.1 Å². The van der Waals surface area contributed by atoms with Crippen molar-refractivity contribution in [1.29, 1.82) is 0 Å². The number of hydrogen-bond donors (Lipinski definition) is 0. The van der Waals surface area contributed by atoms with E-state index in [9.17, 15) is 9.18 Å². The molecular weight excluding hydrogens is 307 g/mol. The van der Waals surface area contributed by atoms with Crippen molar-refractivity contribution in [2.75, 3.05) is 0 Å². The van der Waals surface area contributed by atoms with Gasteiger partial charge in [-0.05, 0) is 42.7 Å². The quantitative estimate of drug-likeness (QED) is 0.745. The number of aryl methyl sites for hydroxylation is 2. The second kappa shape index (κ2) is 6.11. The van der Waals surface area contributed by atoms with Crippen LogP contribution < -0.4 is 0 Å². The number of carbonyl (C=O) groups is 1. The van der Waals surface area contributed by atoms with Crippen molar-refractivity contribution in [3.63, 3.8) is 0 Å². The number of rotatable bonds is 4. The van der Waals surface area contributed by atoms with Gasteiger partial charge in [0.1, 0.15) is 5.82 Å². The van der Waals surface area contributed by atoms with Crippen molar-refractivity contribution in [3.05, 3.63) is 69.4 Å². The Bertz CT molecular complexity index is 607. The Morgan fingerprint density at radius 1 is 1.21 bits per heavy atom. The van der Waals surface area contributed by atoms with Crippen LogP contribution in [-0.4, -0.2) is 5.78 Å². The molecule has 0 aromatic heterocycles. The molecule has 2 rings (SSSR count). The van der Waals surface area contributed by atoms with Crippen LogP contribution in [0.4, 0.5) is 4.39 Å². The lowest BCUT2D eigenvalue weighted by Crippen LogP contribution is -2.04. The standard InChI is InChI=1S/C16H14BrFO/c1-11-4-2-3-5-12(11)6-9-16(19)14-10-13(17)7-8-15(14)18/h2-5,7-8,10H,6,9H2,1H3. The zero-order valence-electron chi connectivity index (χ0n) is 10.6. The van der Waals surface area contributed by atoms with E-state index in [1.165, 1.54) is 12.1 Å². The molecule has 0 heterocycles. The summed E-state index contributed by atoms with van der Waals surface area (Å²) in [7, 11) is 0. The van der Waals surface area contributed by atoms with Gasteiger partial charge in [-0.3, -0.25) is 4.79 Å². The molecule has 2 aromatic carbocycles. The zero-order valence-corrected chi connectivity index (χ0v) is 12.2. The van der Waals surface area contributed by atoms with Gasteiger partial charge in [-0.25, -0.2) is 4.39 Å². The van der Waals surface area contributed by atoms with Gasteiger partial charge in [0.05, 0.1) is 5.56 Å². The van der Waals surface area contributed by atoms with Crippen LogP contribution in [0, 0.1) is 12.7 Å². The largest absolute Gasteiger partial charge is 0.294 e. The molecule has 0 radical (unpaired) electrons. The molecule has 98 valence electrons. The highest BCUT2D eigenvalue weighted by molar-refractivity contribution is 9.10. The van der Waals surface area contributed by atoms with E-state index in [0.29, 0.717) is 17.3 Å². The summed E-state index contributed by atoms with van der Waals surface area (Å²) in [6.45, 7) is 2.01. The van der Waals surface area contributed by atoms with Crippen LogP contribution in [0.3, 0.4) is 0 Å². The van der Waals surface area contributed by atoms with Crippen LogP contribution in [0.1, 0.15) is 27.9 Å². The van der Waals surface area contributed by atoms with Crippen LogP contribution in [0.25, 0.3) is 0 Å². The minimum absolute atomic E-state index is 0.156. The molecule has 0 aliphatic heterocycles. The van der Waals surface area contributed by atoms with Crippen molar-refractivity contribution in [3.8, 4) is 0 Å². The molecule has 0 bridgehead atoms. The van der Waals surface area contributed by atoms with E-state index in [2.05, 4.69) is 15.9 Å². The van der Waals surface area contributed by atoms with Crippen molar-refractivity contribution >= 4 is 21.7 Å². The molecule has 0 atom stereocenters. The van der Waals surface area contributed by atoms with Gasteiger partial charge in [0.15, 0.2) is 5.78 Å². The highest BCUT2D eigenvalue weighted by Gasteiger charge is 2.12. The summed E-state index contributed by atoms with van der Waals surface area (Å²) < 4.78 is 14.3. The van der Waals surface area contributed by atoms with E-state index in [1.54, 1.807) is 6.07 Å². The normalized spacial score (nSPS) is 10.5. The van der Waals surface area contributed by atoms with Gasteiger partial charge < -0.3 is 0 Å². The molecule has 0 N–H and O–H groups in total. The Hall–Kier alpha value is -1.48. The van der Waals surface area contributed by atoms with Crippen molar-refractivity contribution in [2.45, 2.75) is 19.8 Å². The average molecular weight is 321 g/mol. The van der Waals surface area contributed by atoms with Crippen LogP contribution in [-0.2, 0) is 6.42 Å². The van der Waals surface area contributed by atoms with E-state index in [4.69, 9.17) is 0 Å². The number of hydrogen-bond acceptors (Lipinski definition) is 1. The predicted octanol–water partition coefficient (Wildman–Crippen LogP) is 4.71. The molecule has 3 heteroatoms. The fourth-order valence-electron chi connectivity index (χ4n) is 1.98. The first-order chi connectivity index (χ1) is 9.08. The highest BCUT2D eigenvalue weighted by atomic mass is 79.9. The highest BCUT2D eigenvalue weighted by Crippen LogP contribution is 2.18. The molecule has 19 heavy (non-hydrogen) atoms. The SMILES string of the molecule is Cc1ccccc1CCC(=O)c1cc(Br)ccc1F. The van der Waals surface area contributed by atoms with Gasteiger partial charge in [-0.2, -0.15) is 0 Å². The second-order valence-corrected chi connectivity index (χ2v) is 5.39. The average Bonchev–Trinajstić information content (AvgIpc) is 2.40. The first-order valence-corrected chi connectivity index (χ1v) is 6.90. The number of ketones is 1. The van der Waals surface area contributed by atoms with Gasteiger partial charge >= 0.3 is 0 Å². The Balaban J connectivity index is 2.10. The molecule has 2 aromatic rings. The fraction of sp³-hybridized carbons (Fsp3) is 0.188. The maximum atomic E-state index is 13.6. The van der Waals surface area contributed by atoms with E-state index >= 15 is 0 Å². The van der Waals surface area contributed by atoms with Gasteiger partial charge in [-0.15, -0.1) is 0 Å². The summed E-state index contributed by atoms with van der Waals surface area (Å²) in [5, 5.41) is 0. The number of halogens is 2. The number of carbonyl (C=O) groups excluding carboxylic acids is 1. The molecular formula is C16H14BrFO. The van der Waals surface area contributed by atoms with Crippen molar-refractivity contribution < 1.29 is 9.18 Å². The lowest BCUT2D eigenvalue weighted by molar-refractivity contribution is 0.0979. The Morgan fingerprint density at radius 3 is 2.68 bits per heavy atom. The lowest BCUT2D eigenvalue weighted by Gasteiger charge is -2.06. The van der Waals surface area contributed by atoms with Crippen LogP contribution in [0.5, 0.6) is 0 Å². The summed E-state index contributed by atoms with van der Waals surface area (Å²) in [4.78, 5) is 12.0. The second-order valence-electron chi connectivity index (χ2n) is 4.47. The third kappa shape index (κ3) is 3.51. The first-order valence-electron chi connectivity index (χ1n) is 6.10. The summed E-state index contributed by atoms with van der Waals surface area (Å²) in [6.07, 6.45) is 0.954. The van der Waals surface area contributed by atoms with E-state index in [1.807, 2.05) is 31.2 Å². The van der Waals surface area contributed by atoms with Gasteiger partial charge in [0.2, 0.25) is 0 Å². The molecule has 0 amide bonds. The maximum Gasteiger partial charge on any atom is 0.166 e. The summed E-state index contributed by atoms with van der Waals surface area (Å²) in [5.41, 5.74) is 2.44. The molecule has 0 saturated heterocycles. The van der Waals surface area contributed by atoms with Crippen LogP contribution in [0.2, 0.25) is 0 Å². The van der Waals surface area contributed by atoms with Crippen LogP contribution >= 0.6 is 15.9 Å². The lowest BCUT2D eigenvalue weighted by atomic mass is 9.99. The molecule has 0 spiro atoms. The minimum Gasteiger partial charge on any atom is -0.294 e. The molecule has 0 unspecified atom stereocenters. The molecule has 0 saturated carbocycles. The fourth-order valence-corrected chi connectivity index (χ4v) is 2.35. The predicted molar refractivity (Wildman–Crippen MR) is 77.9 cm³/mol. The van der Waals surface area contributed by atoms with Gasteiger partial charge in [-0.1, -0.05) is 40.2 Å². The maximum absolute atomic E-state index is 13.6. The molecule has 0 aliphatic rings. The molecule has 0 fully saturated rings. The Kier molecular flexibility index (Phi) is 4.48. The summed E-state index contributed by atoms with van der Waals surface area (Å²) in [5.74, 6) is -0.625. The number of Topliss-reactive ketones (excluding diaryl/α,β-unsaturated/α-hetero) is 1. The monoisotopic (exact) mass is 320 g/mol. The Labute approximate surface area is 120 Å². The first kappa shape index (κ1) is 13.9. The smallest absolute Gasteiger partial charge is 0.166 e. The Morgan fingerprint density at radius 2 is 1.95 bits per heavy atom. The van der Waals surface area contributed by atoms with E-state index < -0.39 is 5.82 Å². The van der Waals surface area contributed by atoms with Crippen molar-refractivity contribution in [2.24, 2.45) is 0 Å². The molecule has 0 aliphatic carbocycles. The van der Waals surface area contributed by atoms with Crippen LogP contribution in [0.15, 0.2) is 46.9 Å². The van der Waals surface area contributed by atoms with Gasteiger partial charge in [0.25, 0.3) is 0 Å². The molecule has 1 nitrogen and oxygen atoms in total. The minimum atomic E-state index is -0.460. The van der Waals surface area contributed by atoms with E-state index in [-0.39, 0.29) is 11.3 Å². The summed E-state index contributed by atoms with van der Waals surface area (Å²) in [6, 6.07) is 12.4. The third-order valence-electron chi connectivity index (χ3n) is 3.11. The van der Waals surface area contributed by atoms with Crippen molar-refractivity contribution in [1.82, 2.24) is 0 Å². The van der Waals surface area contributed by atoms with Gasteiger partial charge in [0, 0.05) is 10.9 Å².